The highest BCUT2D eigenvalue weighted by Crippen LogP contribution is 2.27. The van der Waals surface area contributed by atoms with Gasteiger partial charge < -0.3 is 15.5 Å². The van der Waals surface area contributed by atoms with E-state index in [1.807, 2.05) is 37.2 Å². The number of nitrogens with zero attached hydrogens (tertiary/aromatic N) is 4. The Bertz CT molecular complexity index is 1550. The van der Waals surface area contributed by atoms with Gasteiger partial charge in [-0.1, -0.05) is 81.5 Å². The Morgan fingerprint density at radius 3 is 2.35 bits per heavy atom. The maximum atomic E-state index is 13.0. The van der Waals surface area contributed by atoms with Gasteiger partial charge in [0.2, 0.25) is 11.9 Å². The van der Waals surface area contributed by atoms with Crippen molar-refractivity contribution >= 4 is 40.3 Å². The lowest BCUT2D eigenvalue weighted by Crippen LogP contribution is -2.37. The normalized spacial score (nSPS) is 14.7. The number of nitrogens with one attached hydrogen (secondary N) is 2. The van der Waals surface area contributed by atoms with Gasteiger partial charge in [0.15, 0.2) is 0 Å². The van der Waals surface area contributed by atoms with Crippen molar-refractivity contribution in [1.29, 1.82) is 0 Å². The topological polar surface area (TPSA) is 73.4 Å². The van der Waals surface area contributed by atoms with Gasteiger partial charge in [0.1, 0.15) is 5.82 Å². The van der Waals surface area contributed by atoms with Crippen molar-refractivity contribution in [3.05, 3.63) is 95.6 Å². The Balaban J connectivity index is 1.18. The molecular weight excluding hydrogens is 532 g/mol. The molecule has 2 heterocycles. The molecule has 0 bridgehead atoms. The zero-order chi connectivity index (χ0) is 30.4. The molecule has 1 aromatic heterocycles. The van der Waals surface area contributed by atoms with E-state index in [0.717, 1.165) is 66.0 Å². The van der Waals surface area contributed by atoms with E-state index in [9.17, 15) is 4.79 Å². The lowest BCUT2D eigenvalue weighted by molar-refractivity contribution is -0.121. The molecule has 1 fully saturated rings. The van der Waals surface area contributed by atoms with Crippen LogP contribution in [0, 0.1) is 11.3 Å². The lowest BCUT2D eigenvalue weighted by atomic mass is 9.95. The standard InChI is InChI=1S/C36H44N6O/c1-36(2,3)20-17-26-13-16-31-32(23-26)39-35(41(4)5)40-33(31)37-24-27-11-14-30(15-12-27)38-34(43)29-18-21-42(22-19-29)25-28-9-7-6-8-10-28/h6-17,20,23,29H,18-19,21-22,24-25H2,1-5H3,(H,38,43)(H,37,39,40)/b20-17+. The third kappa shape index (κ3) is 8.42. The van der Waals surface area contributed by atoms with Crippen molar-refractivity contribution in [2.24, 2.45) is 11.3 Å². The highest BCUT2D eigenvalue weighted by atomic mass is 16.1. The quantitative estimate of drug-likeness (QED) is 0.219. The van der Waals surface area contributed by atoms with Gasteiger partial charge in [0.05, 0.1) is 5.52 Å². The van der Waals surface area contributed by atoms with E-state index < -0.39 is 0 Å². The first-order valence-corrected chi connectivity index (χ1v) is 15.2. The van der Waals surface area contributed by atoms with Crippen LogP contribution in [0.2, 0.25) is 0 Å². The monoisotopic (exact) mass is 576 g/mol. The summed E-state index contributed by atoms with van der Waals surface area (Å²) in [5.41, 5.74) is 5.40. The largest absolute Gasteiger partial charge is 0.365 e. The fraction of sp³-hybridized carbons (Fsp3) is 0.361. The fourth-order valence-corrected chi connectivity index (χ4v) is 5.25. The van der Waals surface area contributed by atoms with E-state index in [4.69, 9.17) is 9.97 Å². The molecule has 0 unspecified atom stereocenters. The number of carbonyl (C=O) groups excluding carboxylic acids is 1. The number of likely N-dealkylation sites (tertiary alicyclic amines) is 1. The van der Waals surface area contributed by atoms with Gasteiger partial charge in [0.25, 0.3) is 0 Å². The molecule has 1 aliphatic heterocycles. The van der Waals surface area contributed by atoms with E-state index in [0.29, 0.717) is 12.5 Å². The van der Waals surface area contributed by atoms with Crippen molar-refractivity contribution in [2.45, 2.75) is 46.7 Å². The SMILES string of the molecule is CN(C)c1nc(NCc2ccc(NC(=O)C3CCN(Cc4ccccc4)CC3)cc2)c2ccc(/C=C/C(C)(C)C)cc2n1. The predicted molar refractivity (Wildman–Crippen MR) is 179 cm³/mol. The molecule has 0 saturated carbocycles. The summed E-state index contributed by atoms with van der Waals surface area (Å²) in [5, 5.41) is 7.64. The molecule has 43 heavy (non-hydrogen) atoms. The van der Waals surface area contributed by atoms with E-state index >= 15 is 0 Å². The average molecular weight is 577 g/mol. The third-order valence-corrected chi connectivity index (χ3v) is 7.77. The van der Waals surface area contributed by atoms with E-state index in [-0.39, 0.29) is 17.2 Å². The number of benzene rings is 3. The van der Waals surface area contributed by atoms with E-state index in [1.165, 1.54) is 5.56 Å². The first-order valence-electron chi connectivity index (χ1n) is 15.2. The Morgan fingerprint density at radius 2 is 1.67 bits per heavy atom. The zero-order valence-corrected chi connectivity index (χ0v) is 26.1. The third-order valence-electron chi connectivity index (χ3n) is 7.77. The number of hydrogen-bond acceptors (Lipinski definition) is 6. The summed E-state index contributed by atoms with van der Waals surface area (Å²) < 4.78 is 0. The van der Waals surface area contributed by atoms with Gasteiger partial charge in [-0.05, 0) is 72.3 Å². The van der Waals surface area contributed by atoms with Crippen molar-refractivity contribution in [3.8, 4) is 0 Å². The molecule has 224 valence electrons. The van der Waals surface area contributed by atoms with Crippen molar-refractivity contribution < 1.29 is 4.79 Å². The molecule has 0 atom stereocenters. The first-order chi connectivity index (χ1) is 20.6. The highest BCUT2D eigenvalue weighted by Gasteiger charge is 2.25. The Labute approximate surface area is 256 Å². The number of rotatable bonds is 9. The number of amides is 1. The first kappa shape index (κ1) is 30.2. The molecule has 7 nitrogen and oxygen atoms in total. The van der Waals surface area contributed by atoms with Gasteiger partial charge >= 0.3 is 0 Å². The number of piperidine rings is 1. The molecule has 4 aromatic rings. The molecule has 0 aliphatic carbocycles. The second-order valence-electron chi connectivity index (χ2n) is 12.8. The molecule has 2 N–H and O–H groups in total. The molecule has 1 saturated heterocycles. The molecular formula is C36H44N6O. The van der Waals surface area contributed by atoms with Crippen LogP contribution in [0.25, 0.3) is 17.0 Å². The van der Waals surface area contributed by atoms with Crippen LogP contribution in [0.15, 0.2) is 78.9 Å². The molecule has 1 aliphatic rings. The van der Waals surface area contributed by atoms with Gasteiger partial charge in [-0.3, -0.25) is 9.69 Å². The maximum Gasteiger partial charge on any atom is 0.227 e. The van der Waals surface area contributed by atoms with Crippen molar-refractivity contribution in [3.63, 3.8) is 0 Å². The summed E-state index contributed by atoms with van der Waals surface area (Å²) in [4.78, 5) is 26.9. The minimum atomic E-state index is 0.0507. The predicted octanol–water partition coefficient (Wildman–Crippen LogP) is 7.22. The number of carbonyl (C=O) groups is 1. The molecule has 0 radical (unpaired) electrons. The van der Waals surface area contributed by atoms with Crippen LogP contribution in [0.1, 0.15) is 50.3 Å². The molecule has 3 aromatic carbocycles. The minimum absolute atomic E-state index is 0.0507. The van der Waals surface area contributed by atoms with Crippen LogP contribution in [0.3, 0.4) is 0 Å². The number of aromatic nitrogens is 2. The van der Waals surface area contributed by atoms with Gasteiger partial charge in [-0.15, -0.1) is 0 Å². The maximum absolute atomic E-state index is 13.0. The van der Waals surface area contributed by atoms with Crippen LogP contribution in [-0.2, 0) is 17.9 Å². The zero-order valence-electron chi connectivity index (χ0n) is 26.1. The Morgan fingerprint density at radius 1 is 0.953 bits per heavy atom. The van der Waals surface area contributed by atoms with Crippen LogP contribution in [-0.4, -0.2) is 48.0 Å². The lowest BCUT2D eigenvalue weighted by Gasteiger charge is -2.31. The van der Waals surface area contributed by atoms with E-state index in [2.05, 4.69) is 103 Å². The summed E-state index contributed by atoms with van der Waals surface area (Å²) in [7, 11) is 3.91. The van der Waals surface area contributed by atoms with Gasteiger partial charge in [-0.2, -0.15) is 4.98 Å². The fourth-order valence-electron chi connectivity index (χ4n) is 5.25. The number of hydrogen-bond donors (Lipinski definition) is 2. The average Bonchev–Trinajstić information content (AvgIpc) is 2.99. The second kappa shape index (κ2) is 13.4. The molecule has 0 spiro atoms. The molecule has 1 amide bonds. The van der Waals surface area contributed by atoms with Crippen molar-refractivity contribution in [1.82, 2.24) is 14.9 Å². The smallest absolute Gasteiger partial charge is 0.227 e. The van der Waals surface area contributed by atoms with Gasteiger partial charge in [-0.25, -0.2) is 4.98 Å². The summed E-state index contributed by atoms with van der Waals surface area (Å²) in [6.07, 6.45) is 6.14. The Kier molecular flexibility index (Phi) is 9.41. The summed E-state index contributed by atoms with van der Waals surface area (Å²) in [6, 6.07) is 24.9. The molecule has 5 rings (SSSR count). The van der Waals surface area contributed by atoms with Crippen LogP contribution in [0.5, 0.6) is 0 Å². The number of fused-ring (bicyclic) bond motifs is 1. The van der Waals surface area contributed by atoms with Gasteiger partial charge in [0, 0.05) is 44.2 Å². The number of allylic oxidation sites excluding steroid dienone is 1. The summed E-state index contributed by atoms with van der Waals surface area (Å²) in [6.45, 7) is 10.0. The Hall–Kier alpha value is -4.23. The summed E-state index contributed by atoms with van der Waals surface area (Å²) >= 11 is 0. The number of anilines is 3. The van der Waals surface area contributed by atoms with Crippen LogP contribution < -0.4 is 15.5 Å². The highest BCUT2D eigenvalue weighted by molar-refractivity contribution is 5.93. The molecule has 7 heteroatoms. The van der Waals surface area contributed by atoms with Crippen LogP contribution in [0.4, 0.5) is 17.5 Å². The minimum Gasteiger partial charge on any atom is -0.365 e. The van der Waals surface area contributed by atoms with E-state index in [1.54, 1.807) is 0 Å². The van der Waals surface area contributed by atoms with Crippen molar-refractivity contribution in [2.75, 3.05) is 42.7 Å². The summed E-state index contributed by atoms with van der Waals surface area (Å²) in [5.74, 6) is 1.63. The van der Waals surface area contributed by atoms with Crippen LogP contribution >= 0.6 is 0 Å². The second-order valence-corrected chi connectivity index (χ2v) is 12.8.